The summed E-state index contributed by atoms with van der Waals surface area (Å²) in [5.74, 6) is -1.32. The zero-order valence-electron chi connectivity index (χ0n) is 18.7. The Morgan fingerprint density at radius 2 is 1.47 bits per heavy atom. The van der Waals surface area contributed by atoms with E-state index < -0.39 is 11.7 Å². The van der Waals surface area contributed by atoms with Crippen LogP contribution in [0.1, 0.15) is 23.2 Å². The number of carbonyl (C=O) groups excluding carboxylic acids is 3. The van der Waals surface area contributed by atoms with Crippen LogP contribution in [0.2, 0.25) is 0 Å². The third-order valence-electron chi connectivity index (χ3n) is 6.26. The smallest absolute Gasteiger partial charge is 0.296 e. The second-order valence-electron chi connectivity index (χ2n) is 8.47. The molecule has 1 N–H and O–H groups in total. The van der Waals surface area contributed by atoms with Crippen LogP contribution in [0, 0.1) is 0 Å². The number of aromatic nitrogens is 1. The van der Waals surface area contributed by atoms with Crippen LogP contribution >= 0.6 is 0 Å². The van der Waals surface area contributed by atoms with E-state index in [-0.39, 0.29) is 12.5 Å². The first-order valence-corrected chi connectivity index (χ1v) is 11.5. The van der Waals surface area contributed by atoms with Gasteiger partial charge in [0.05, 0.1) is 5.56 Å². The highest BCUT2D eigenvalue weighted by molar-refractivity contribution is 6.48. The third-order valence-corrected chi connectivity index (χ3v) is 6.26. The molecule has 0 saturated carbocycles. The topological polar surface area (TPSA) is 71.4 Å². The van der Waals surface area contributed by atoms with Crippen LogP contribution in [-0.4, -0.2) is 40.2 Å². The Hall–Kier alpha value is -4.19. The van der Waals surface area contributed by atoms with Gasteiger partial charge in [-0.15, -0.1) is 0 Å². The SMILES string of the molecule is O=C(Nc1ccccc1-c1ccccc1)C(=O)c1cn(CC(=O)N2CCCC2)c2ccccc12. The zero-order chi connectivity index (χ0) is 23.5. The van der Waals surface area contributed by atoms with E-state index in [2.05, 4.69) is 5.32 Å². The van der Waals surface area contributed by atoms with Gasteiger partial charge in [0.2, 0.25) is 5.91 Å². The fraction of sp³-hybridized carbons (Fsp3) is 0.179. The van der Waals surface area contributed by atoms with Gasteiger partial charge in [0.1, 0.15) is 6.54 Å². The lowest BCUT2D eigenvalue weighted by Gasteiger charge is -2.15. The maximum Gasteiger partial charge on any atom is 0.296 e. The van der Waals surface area contributed by atoms with Crippen LogP contribution in [0.3, 0.4) is 0 Å². The van der Waals surface area contributed by atoms with Gasteiger partial charge in [-0.1, -0.05) is 66.7 Å². The van der Waals surface area contributed by atoms with Crippen molar-refractivity contribution in [3.63, 3.8) is 0 Å². The molecule has 1 aromatic heterocycles. The Labute approximate surface area is 197 Å². The summed E-state index contributed by atoms with van der Waals surface area (Å²) in [5.41, 5.74) is 3.40. The van der Waals surface area contributed by atoms with E-state index in [4.69, 9.17) is 0 Å². The first-order chi connectivity index (χ1) is 16.6. The Bertz CT molecular complexity index is 1370. The molecule has 5 rings (SSSR count). The summed E-state index contributed by atoms with van der Waals surface area (Å²) >= 11 is 0. The molecule has 170 valence electrons. The number of nitrogens with one attached hydrogen (secondary N) is 1. The molecule has 1 fully saturated rings. The van der Waals surface area contributed by atoms with E-state index in [0.29, 0.717) is 16.6 Å². The first-order valence-electron chi connectivity index (χ1n) is 11.5. The predicted octanol–water partition coefficient (Wildman–Crippen LogP) is 4.75. The van der Waals surface area contributed by atoms with Gasteiger partial charge >= 0.3 is 0 Å². The van der Waals surface area contributed by atoms with Crippen LogP contribution < -0.4 is 5.32 Å². The van der Waals surface area contributed by atoms with Crippen LogP contribution in [0.4, 0.5) is 5.69 Å². The number of hydrogen-bond acceptors (Lipinski definition) is 3. The minimum Gasteiger partial charge on any atom is -0.341 e. The lowest BCUT2D eigenvalue weighted by atomic mass is 10.0. The normalized spacial score (nSPS) is 13.2. The van der Waals surface area contributed by atoms with Crippen molar-refractivity contribution in [2.24, 2.45) is 0 Å². The van der Waals surface area contributed by atoms with E-state index in [1.165, 1.54) is 0 Å². The molecule has 0 spiro atoms. The van der Waals surface area contributed by atoms with E-state index in [1.54, 1.807) is 16.8 Å². The van der Waals surface area contributed by atoms with E-state index in [9.17, 15) is 14.4 Å². The standard InChI is InChI=1S/C28H25N3O3/c32-26(30-16-8-9-17-30)19-31-18-23(22-13-5-7-15-25(22)31)27(33)28(34)29-24-14-6-4-12-21(24)20-10-2-1-3-11-20/h1-7,10-15,18H,8-9,16-17,19H2,(H,29,34). The minimum atomic E-state index is -0.711. The highest BCUT2D eigenvalue weighted by Crippen LogP contribution is 2.28. The summed E-state index contributed by atoms with van der Waals surface area (Å²) in [6.45, 7) is 1.69. The maximum absolute atomic E-state index is 13.2. The van der Waals surface area contributed by atoms with Crippen LogP contribution in [0.15, 0.2) is 85.1 Å². The van der Waals surface area contributed by atoms with Crippen LogP contribution in [0.5, 0.6) is 0 Å². The lowest BCUT2D eigenvalue weighted by molar-refractivity contribution is -0.130. The fourth-order valence-corrected chi connectivity index (χ4v) is 4.53. The van der Waals surface area contributed by atoms with Crippen molar-refractivity contribution in [1.29, 1.82) is 0 Å². The molecule has 3 aromatic carbocycles. The fourth-order valence-electron chi connectivity index (χ4n) is 4.53. The summed E-state index contributed by atoms with van der Waals surface area (Å²) in [5, 5.41) is 3.45. The van der Waals surface area contributed by atoms with Gasteiger partial charge in [0.15, 0.2) is 0 Å². The van der Waals surface area contributed by atoms with Gasteiger partial charge in [-0.3, -0.25) is 14.4 Å². The number of fused-ring (bicyclic) bond motifs is 1. The Balaban J connectivity index is 1.42. The highest BCUT2D eigenvalue weighted by Gasteiger charge is 2.24. The van der Waals surface area contributed by atoms with Gasteiger partial charge in [-0.25, -0.2) is 0 Å². The number of carbonyl (C=O) groups is 3. The number of hydrogen-bond donors (Lipinski definition) is 1. The predicted molar refractivity (Wildman–Crippen MR) is 133 cm³/mol. The molecule has 1 aliphatic heterocycles. The number of ketones is 1. The Morgan fingerprint density at radius 3 is 2.26 bits per heavy atom. The molecular weight excluding hydrogens is 426 g/mol. The van der Waals surface area contributed by atoms with Crippen molar-refractivity contribution in [3.8, 4) is 11.1 Å². The number of benzene rings is 3. The van der Waals surface area contributed by atoms with Gasteiger partial charge in [0, 0.05) is 41.4 Å². The molecule has 2 amide bonds. The van der Waals surface area contributed by atoms with E-state index >= 15 is 0 Å². The molecule has 0 radical (unpaired) electrons. The average Bonchev–Trinajstić information content (AvgIpc) is 3.54. The van der Waals surface area contributed by atoms with Crippen molar-refractivity contribution in [3.05, 3.63) is 90.6 Å². The summed E-state index contributed by atoms with van der Waals surface area (Å²) in [4.78, 5) is 40.9. The van der Waals surface area contributed by atoms with Gasteiger partial charge in [0.25, 0.3) is 11.7 Å². The third kappa shape index (κ3) is 4.22. The zero-order valence-corrected chi connectivity index (χ0v) is 18.7. The molecule has 0 bridgehead atoms. The minimum absolute atomic E-state index is 0.0264. The van der Waals surface area contributed by atoms with Crippen molar-refractivity contribution in [1.82, 2.24) is 9.47 Å². The molecule has 1 saturated heterocycles. The maximum atomic E-state index is 13.2. The molecule has 34 heavy (non-hydrogen) atoms. The summed E-state index contributed by atoms with van der Waals surface area (Å²) in [6, 6.07) is 24.5. The number of nitrogens with zero attached hydrogens (tertiary/aromatic N) is 2. The van der Waals surface area contributed by atoms with Crippen LogP contribution in [0.25, 0.3) is 22.0 Å². The molecule has 1 aliphatic rings. The van der Waals surface area contributed by atoms with Crippen molar-refractivity contribution in [2.75, 3.05) is 18.4 Å². The molecule has 0 aliphatic carbocycles. The number of amides is 2. The quantitative estimate of drug-likeness (QED) is 0.340. The molecule has 0 atom stereocenters. The van der Waals surface area contributed by atoms with E-state index in [1.807, 2.05) is 77.7 Å². The molecule has 6 nitrogen and oxygen atoms in total. The molecule has 4 aromatic rings. The molecule has 2 heterocycles. The van der Waals surface area contributed by atoms with Crippen LogP contribution in [-0.2, 0) is 16.1 Å². The van der Waals surface area contributed by atoms with Gasteiger partial charge in [-0.2, -0.15) is 0 Å². The average molecular weight is 452 g/mol. The Morgan fingerprint density at radius 1 is 0.794 bits per heavy atom. The summed E-state index contributed by atoms with van der Waals surface area (Å²) in [6.07, 6.45) is 3.67. The largest absolute Gasteiger partial charge is 0.341 e. The van der Waals surface area contributed by atoms with E-state index in [0.717, 1.165) is 42.6 Å². The number of Topliss-reactive ketones (excluding diaryl/α,β-unsaturated/α-hetero) is 1. The number of anilines is 1. The van der Waals surface area contributed by atoms with Gasteiger partial charge in [-0.05, 0) is 30.5 Å². The second kappa shape index (κ2) is 9.35. The Kier molecular flexibility index (Phi) is 5.95. The van der Waals surface area contributed by atoms with Crippen molar-refractivity contribution >= 4 is 34.2 Å². The highest BCUT2D eigenvalue weighted by atomic mass is 16.2. The lowest BCUT2D eigenvalue weighted by Crippen LogP contribution is -2.30. The number of likely N-dealkylation sites (tertiary alicyclic amines) is 1. The number of rotatable bonds is 6. The summed E-state index contributed by atoms with van der Waals surface area (Å²) in [7, 11) is 0. The molecule has 0 unspecified atom stereocenters. The monoisotopic (exact) mass is 451 g/mol. The molecular formula is C28H25N3O3. The van der Waals surface area contributed by atoms with Crippen molar-refractivity contribution < 1.29 is 14.4 Å². The summed E-state index contributed by atoms with van der Waals surface area (Å²) < 4.78 is 1.77. The number of para-hydroxylation sites is 2. The molecule has 6 heteroatoms. The second-order valence-corrected chi connectivity index (χ2v) is 8.47. The van der Waals surface area contributed by atoms with Crippen molar-refractivity contribution in [2.45, 2.75) is 19.4 Å². The van der Waals surface area contributed by atoms with Gasteiger partial charge < -0.3 is 14.8 Å². The first kappa shape index (κ1) is 21.6.